The maximum absolute atomic E-state index is 14.5. The Morgan fingerprint density at radius 2 is 1.88 bits per heavy atom. The minimum absolute atomic E-state index is 0.0712. The van der Waals surface area contributed by atoms with Crippen molar-refractivity contribution >= 4 is 38.6 Å². The van der Waals surface area contributed by atoms with Crippen LogP contribution in [0.15, 0.2) is 60.7 Å². The first kappa shape index (κ1) is 34.7. The summed E-state index contributed by atoms with van der Waals surface area (Å²) in [5.41, 5.74) is 6.69. The van der Waals surface area contributed by atoms with E-state index < -0.39 is 61.5 Å². The molecule has 0 bridgehead atoms. The van der Waals surface area contributed by atoms with Gasteiger partial charge in [0, 0.05) is 28.9 Å². The standard InChI is InChI=1S/C39H44FN5O6S/c1-37(18-19-37)52(49,50)44-36(48)39-21-25(39)11-5-3-2-4-6-14-29(41)35(47)45-23-38(22-31(45)34(46)43-39)17-16-28-27-13-7-8-15-30(27)42-32(33(28)51-38)24-10-9-12-26(40)20-24/h5,7-13,15,20,25,29,31H,2-4,6,14,16-19,21-23,41H2,1H3,(H,43,46)(H,44,48)/t25-,29+,31+,38-,39-/m1/s1. The lowest BCUT2D eigenvalue weighted by Gasteiger charge is -2.37. The van der Waals surface area contributed by atoms with E-state index >= 15 is 0 Å². The highest BCUT2D eigenvalue weighted by Gasteiger charge is 2.64. The summed E-state index contributed by atoms with van der Waals surface area (Å²) in [5.74, 6) is -2.05. The summed E-state index contributed by atoms with van der Waals surface area (Å²) in [6.45, 7) is 1.67. The van der Waals surface area contributed by atoms with Crippen LogP contribution in [-0.2, 0) is 30.8 Å². The van der Waals surface area contributed by atoms with Crippen molar-refractivity contribution in [1.29, 1.82) is 0 Å². The first-order chi connectivity index (χ1) is 24.8. The predicted octanol–water partition coefficient (Wildman–Crippen LogP) is 4.43. The average molecular weight is 730 g/mol. The smallest absolute Gasteiger partial charge is 0.259 e. The molecular formula is C39H44FN5O6S. The van der Waals surface area contributed by atoms with Gasteiger partial charge in [-0.05, 0) is 76.5 Å². The van der Waals surface area contributed by atoms with E-state index in [9.17, 15) is 27.2 Å². The number of halogens is 1. The molecule has 4 N–H and O–H groups in total. The molecule has 0 radical (unpaired) electrons. The van der Waals surface area contributed by atoms with E-state index in [1.54, 1.807) is 19.1 Å². The molecule has 8 rings (SSSR count). The van der Waals surface area contributed by atoms with Gasteiger partial charge in [-0.25, -0.2) is 17.8 Å². The van der Waals surface area contributed by atoms with Crippen LogP contribution in [0.5, 0.6) is 5.75 Å². The molecule has 4 heterocycles. The van der Waals surface area contributed by atoms with Gasteiger partial charge in [-0.15, -0.1) is 0 Å². The summed E-state index contributed by atoms with van der Waals surface area (Å²) in [5, 5.41) is 3.85. The molecule has 2 aliphatic carbocycles. The van der Waals surface area contributed by atoms with Crippen LogP contribution >= 0.6 is 0 Å². The largest absolute Gasteiger partial charge is 0.483 e. The number of fused-ring (bicyclic) bond motifs is 5. The SMILES string of the molecule is CC1(S(=O)(=O)NC(=O)[C@@]23C[C@H]2C=CCCCCC[C@H](N)C(=O)N2C[C@@]4(CCc5c(c(-c6cccc(F)c6)nc6ccccc56)O4)C[C@H]2C(=O)N3)CC1. The number of carbonyl (C=O) groups is 3. The van der Waals surface area contributed by atoms with Gasteiger partial charge in [0.05, 0.1) is 22.9 Å². The molecule has 13 heteroatoms. The molecule has 2 saturated carbocycles. The number of benzene rings is 2. The molecular weight excluding hydrogens is 686 g/mol. The quantitative estimate of drug-likeness (QED) is 0.333. The van der Waals surface area contributed by atoms with E-state index in [2.05, 4.69) is 10.0 Å². The van der Waals surface area contributed by atoms with Crippen molar-refractivity contribution in [3.8, 4) is 17.0 Å². The van der Waals surface area contributed by atoms with Crippen LogP contribution in [0.2, 0.25) is 0 Å². The molecule has 5 atom stereocenters. The Morgan fingerprint density at radius 1 is 1.08 bits per heavy atom. The Balaban J connectivity index is 1.15. The normalized spacial score (nSPS) is 29.9. The fourth-order valence-electron chi connectivity index (χ4n) is 8.21. The zero-order valence-electron chi connectivity index (χ0n) is 29.2. The van der Waals surface area contributed by atoms with Gasteiger partial charge < -0.3 is 20.7 Å². The highest BCUT2D eigenvalue weighted by atomic mass is 32.2. The third-order valence-electron chi connectivity index (χ3n) is 11.9. The van der Waals surface area contributed by atoms with E-state index in [-0.39, 0.29) is 25.3 Å². The second kappa shape index (κ2) is 12.6. The second-order valence-electron chi connectivity index (χ2n) is 15.6. The number of nitrogens with two attached hydrogens (primary N) is 1. The van der Waals surface area contributed by atoms with Gasteiger partial charge >= 0.3 is 0 Å². The Hall–Kier alpha value is -4.36. The van der Waals surface area contributed by atoms with Crippen molar-refractivity contribution in [2.75, 3.05) is 6.54 Å². The highest BCUT2D eigenvalue weighted by Crippen LogP contribution is 2.50. The van der Waals surface area contributed by atoms with Gasteiger partial charge in [0.2, 0.25) is 21.8 Å². The Bertz CT molecular complexity index is 2120. The first-order valence-corrected chi connectivity index (χ1v) is 19.8. The molecule has 3 aliphatic heterocycles. The fourth-order valence-corrected chi connectivity index (χ4v) is 9.52. The Kier molecular flexibility index (Phi) is 8.44. The van der Waals surface area contributed by atoms with Gasteiger partial charge in [-0.1, -0.05) is 55.3 Å². The number of carbonyl (C=O) groups excluding carboxylic acids is 3. The van der Waals surface area contributed by atoms with Crippen LogP contribution in [0.3, 0.4) is 0 Å². The minimum Gasteiger partial charge on any atom is -0.483 e. The van der Waals surface area contributed by atoms with Crippen molar-refractivity contribution in [2.45, 2.75) is 106 Å². The fraction of sp³-hybridized carbons (Fsp3) is 0.487. The number of hydrogen-bond acceptors (Lipinski definition) is 8. The van der Waals surface area contributed by atoms with Crippen LogP contribution in [0.1, 0.15) is 76.7 Å². The summed E-state index contributed by atoms with van der Waals surface area (Å²) in [6.07, 6.45) is 9.81. The number of nitrogens with zero attached hydrogens (tertiary/aromatic N) is 2. The molecule has 3 fully saturated rings. The van der Waals surface area contributed by atoms with E-state index in [1.165, 1.54) is 17.0 Å². The van der Waals surface area contributed by atoms with Crippen molar-refractivity contribution in [1.82, 2.24) is 19.9 Å². The maximum Gasteiger partial charge on any atom is 0.259 e. The number of pyridine rings is 1. The number of rotatable bonds is 4. The molecule has 3 amide bonds. The Labute approximate surface area is 302 Å². The lowest BCUT2D eigenvalue weighted by atomic mass is 9.86. The van der Waals surface area contributed by atoms with Gasteiger partial charge in [-0.3, -0.25) is 19.1 Å². The van der Waals surface area contributed by atoms with Gasteiger partial charge in [0.15, 0.2) is 0 Å². The molecule has 1 saturated heterocycles. The third kappa shape index (κ3) is 6.05. The van der Waals surface area contributed by atoms with Crippen LogP contribution in [0.4, 0.5) is 4.39 Å². The van der Waals surface area contributed by atoms with E-state index in [1.807, 2.05) is 36.4 Å². The Morgan fingerprint density at radius 3 is 2.67 bits per heavy atom. The first-order valence-electron chi connectivity index (χ1n) is 18.3. The molecule has 2 aromatic carbocycles. The molecule has 1 aromatic heterocycles. The van der Waals surface area contributed by atoms with Crippen molar-refractivity contribution in [2.24, 2.45) is 11.7 Å². The van der Waals surface area contributed by atoms with E-state index in [0.29, 0.717) is 49.1 Å². The summed E-state index contributed by atoms with van der Waals surface area (Å²) < 4.78 is 49.0. The maximum atomic E-state index is 14.5. The highest BCUT2D eigenvalue weighted by molar-refractivity contribution is 7.91. The molecule has 0 unspecified atom stereocenters. The molecule has 1 spiro atoms. The molecule has 3 aromatic rings. The number of nitrogens with one attached hydrogen (secondary N) is 2. The summed E-state index contributed by atoms with van der Waals surface area (Å²) >= 11 is 0. The van der Waals surface area contributed by atoms with Crippen molar-refractivity contribution in [3.05, 3.63) is 72.1 Å². The average Bonchev–Trinajstić information content (AvgIpc) is 4.01. The minimum atomic E-state index is -3.97. The summed E-state index contributed by atoms with van der Waals surface area (Å²) in [4.78, 5) is 48.8. The number of aromatic nitrogens is 1. The number of aryl methyl sites for hydroxylation is 1. The monoisotopic (exact) mass is 729 g/mol. The van der Waals surface area contributed by atoms with Crippen LogP contribution in [0, 0.1) is 11.7 Å². The van der Waals surface area contributed by atoms with E-state index in [4.69, 9.17) is 15.5 Å². The number of allylic oxidation sites excluding steroid dienone is 1. The van der Waals surface area contributed by atoms with Crippen LogP contribution < -0.4 is 20.5 Å². The summed E-state index contributed by atoms with van der Waals surface area (Å²) in [7, 11) is -3.97. The van der Waals surface area contributed by atoms with Crippen molar-refractivity contribution in [3.63, 3.8) is 0 Å². The number of sulfonamides is 1. The third-order valence-corrected chi connectivity index (χ3v) is 14.0. The predicted molar refractivity (Wildman–Crippen MR) is 193 cm³/mol. The lowest BCUT2D eigenvalue weighted by Crippen LogP contribution is -2.58. The zero-order chi connectivity index (χ0) is 36.5. The zero-order valence-corrected chi connectivity index (χ0v) is 30.0. The van der Waals surface area contributed by atoms with Crippen LogP contribution in [0.25, 0.3) is 22.2 Å². The van der Waals surface area contributed by atoms with Crippen LogP contribution in [-0.4, -0.2) is 70.5 Å². The van der Waals surface area contributed by atoms with Crippen molar-refractivity contribution < 1.29 is 31.9 Å². The van der Waals surface area contributed by atoms with E-state index in [0.717, 1.165) is 42.1 Å². The molecule has 52 heavy (non-hydrogen) atoms. The second-order valence-corrected chi connectivity index (χ2v) is 17.8. The lowest BCUT2D eigenvalue weighted by molar-refractivity contribution is -0.140. The van der Waals surface area contributed by atoms with Gasteiger partial charge in [-0.2, -0.15) is 0 Å². The molecule has 5 aliphatic rings. The van der Waals surface area contributed by atoms with Gasteiger partial charge in [0.1, 0.15) is 34.4 Å². The topological polar surface area (TPSA) is 161 Å². The number of ether oxygens (including phenoxy) is 1. The number of amides is 3. The molecule has 11 nitrogen and oxygen atoms in total. The number of hydrogen-bond donors (Lipinski definition) is 3. The van der Waals surface area contributed by atoms with Gasteiger partial charge in [0.25, 0.3) is 5.91 Å². The number of para-hydroxylation sites is 1. The summed E-state index contributed by atoms with van der Waals surface area (Å²) in [6, 6.07) is 12.0. The molecule has 274 valence electrons.